The first-order valence-electron chi connectivity index (χ1n) is 22.7. The van der Waals surface area contributed by atoms with Gasteiger partial charge in [0.05, 0.1) is 27.7 Å². The highest BCUT2D eigenvalue weighted by Crippen LogP contribution is 2.40. The second kappa shape index (κ2) is 36.5. The molecular formula is C44H88NO8P. The van der Waals surface area contributed by atoms with Crippen molar-refractivity contribution < 1.29 is 42.4 Å². The Morgan fingerprint density at radius 1 is 0.556 bits per heavy atom. The van der Waals surface area contributed by atoms with Crippen molar-refractivity contribution in [2.45, 2.75) is 232 Å². The highest BCUT2D eigenvalue weighted by atomic mass is 31.2. The van der Waals surface area contributed by atoms with Crippen LogP contribution in [-0.4, -0.2) is 74.5 Å². The van der Waals surface area contributed by atoms with E-state index < -0.39 is 32.6 Å². The number of rotatable bonds is 42. The molecule has 0 aliphatic carbocycles. The molecule has 0 bridgehead atoms. The maximum Gasteiger partial charge on any atom is 0.305 e. The Labute approximate surface area is 333 Å². The summed E-state index contributed by atoms with van der Waals surface area (Å²) in [5.41, 5.74) is 0. The summed E-state index contributed by atoms with van der Waals surface area (Å²) in [5, 5.41) is 10.2. The molecule has 0 aliphatic rings. The molecule has 1 N–H and O–H groups in total. The lowest BCUT2D eigenvalue weighted by Gasteiger charge is -2.32. The number of Topliss-reactive ketones (excluding diaryl/α,β-unsaturated/α-hetero) is 1. The minimum atomic E-state index is -4.89. The van der Waals surface area contributed by atoms with Crippen LogP contribution >= 0.6 is 7.82 Å². The molecule has 322 valence electrons. The first kappa shape index (κ1) is 53.2. The second-order valence-electron chi connectivity index (χ2n) is 17.0. The number of carbonyl (C=O) groups excluding carboxylic acids is 2. The number of unbranched alkanes of at least 4 members (excludes halogenated alkanes) is 28. The van der Waals surface area contributed by atoms with Gasteiger partial charge in [0.25, 0.3) is 7.82 Å². The molecule has 0 aromatic carbocycles. The van der Waals surface area contributed by atoms with Crippen molar-refractivity contribution in [3.05, 3.63) is 0 Å². The van der Waals surface area contributed by atoms with E-state index in [1.54, 1.807) is 0 Å². The molecule has 0 fully saturated rings. The lowest BCUT2D eigenvalue weighted by atomic mass is 10.0. The van der Waals surface area contributed by atoms with Crippen molar-refractivity contribution in [3.8, 4) is 0 Å². The third-order valence-electron chi connectivity index (χ3n) is 10.2. The minimum Gasteiger partial charge on any atom is -0.756 e. The number of esters is 1. The van der Waals surface area contributed by atoms with Crippen molar-refractivity contribution in [2.75, 3.05) is 40.9 Å². The molecule has 0 aromatic rings. The van der Waals surface area contributed by atoms with Crippen LogP contribution < -0.4 is 4.89 Å². The normalized spacial score (nSPS) is 14.2. The Balaban J connectivity index is 4.08. The van der Waals surface area contributed by atoms with E-state index in [2.05, 4.69) is 13.8 Å². The summed E-state index contributed by atoms with van der Waals surface area (Å²) in [6.45, 7) is 3.71. The standard InChI is InChI=1S/C44H88NO8P/c1-6-8-10-12-14-16-18-20-22-24-26-28-30-32-34-36-42(47)43(38-45(3,4)5)53-54(49,50)52-40-41(46)39-51-44(48)37-35-33-31-29-27-25-23-21-19-17-15-13-11-9-7-2/h41,43,46H,6-40H2,1-5H3/t41-,43?/m1/s1. The molecule has 2 unspecified atom stereocenters. The molecule has 10 heteroatoms. The maximum absolute atomic E-state index is 13.0. The summed E-state index contributed by atoms with van der Waals surface area (Å²) in [6.07, 6.45) is 35.2. The van der Waals surface area contributed by atoms with Gasteiger partial charge in [-0.15, -0.1) is 0 Å². The van der Waals surface area contributed by atoms with E-state index >= 15 is 0 Å². The van der Waals surface area contributed by atoms with Gasteiger partial charge in [0.1, 0.15) is 19.3 Å². The van der Waals surface area contributed by atoms with Gasteiger partial charge in [0.15, 0.2) is 11.9 Å². The SMILES string of the molecule is CCCCCCCCCCCCCCCCCC(=O)OC[C@@H](O)COP(=O)([O-])OC(C[N+](C)(C)C)C(=O)CCCCCCCCCCCCCCCCC. The third kappa shape index (κ3) is 38.1. The predicted molar refractivity (Wildman–Crippen MR) is 222 cm³/mol. The zero-order valence-electron chi connectivity index (χ0n) is 36.1. The summed E-state index contributed by atoms with van der Waals surface area (Å²) in [5.74, 6) is -0.677. The zero-order valence-corrected chi connectivity index (χ0v) is 37.0. The monoisotopic (exact) mass is 790 g/mol. The lowest BCUT2D eigenvalue weighted by Crippen LogP contribution is -2.45. The number of ketones is 1. The van der Waals surface area contributed by atoms with E-state index in [1.807, 2.05) is 21.1 Å². The molecule has 0 aliphatic heterocycles. The van der Waals surface area contributed by atoms with Crippen LogP contribution in [0.2, 0.25) is 0 Å². The summed E-state index contributed by atoms with van der Waals surface area (Å²) in [7, 11) is 0.707. The Bertz CT molecular complexity index is 912. The van der Waals surface area contributed by atoms with E-state index in [1.165, 1.54) is 148 Å². The van der Waals surface area contributed by atoms with Crippen molar-refractivity contribution in [1.29, 1.82) is 0 Å². The fourth-order valence-electron chi connectivity index (χ4n) is 6.84. The van der Waals surface area contributed by atoms with Gasteiger partial charge in [-0.3, -0.25) is 14.2 Å². The predicted octanol–water partition coefficient (Wildman–Crippen LogP) is 11.6. The van der Waals surface area contributed by atoms with Gasteiger partial charge in [-0.2, -0.15) is 0 Å². The smallest absolute Gasteiger partial charge is 0.305 e. The van der Waals surface area contributed by atoms with Crippen LogP contribution in [0.3, 0.4) is 0 Å². The Kier molecular flexibility index (Phi) is 35.9. The van der Waals surface area contributed by atoms with E-state index in [0.29, 0.717) is 10.9 Å². The topological polar surface area (TPSA) is 122 Å². The number of likely N-dealkylation sites (N-methyl/N-ethyl adjacent to an activating group) is 1. The molecule has 54 heavy (non-hydrogen) atoms. The summed E-state index contributed by atoms with van der Waals surface area (Å²) in [4.78, 5) is 37.8. The number of phosphoric ester groups is 1. The van der Waals surface area contributed by atoms with Gasteiger partial charge in [-0.05, 0) is 12.8 Å². The Morgan fingerprint density at radius 3 is 1.24 bits per heavy atom. The molecule has 3 atom stereocenters. The third-order valence-corrected chi connectivity index (χ3v) is 11.2. The molecule has 0 radical (unpaired) electrons. The average Bonchev–Trinajstić information content (AvgIpc) is 3.12. The van der Waals surface area contributed by atoms with Crippen molar-refractivity contribution in [2.24, 2.45) is 0 Å². The van der Waals surface area contributed by atoms with Crippen LogP contribution in [-0.2, 0) is 27.9 Å². The zero-order chi connectivity index (χ0) is 40.2. The van der Waals surface area contributed by atoms with Crippen LogP contribution in [0.15, 0.2) is 0 Å². The van der Waals surface area contributed by atoms with Crippen LogP contribution in [0.25, 0.3) is 0 Å². The lowest BCUT2D eigenvalue weighted by molar-refractivity contribution is -0.872. The maximum atomic E-state index is 13.0. The van der Waals surface area contributed by atoms with Gasteiger partial charge in [0, 0.05) is 12.8 Å². The highest BCUT2D eigenvalue weighted by molar-refractivity contribution is 7.45. The highest BCUT2D eigenvalue weighted by Gasteiger charge is 2.30. The number of quaternary nitrogens is 1. The number of aliphatic hydroxyl groups is 1. The molecule has 0 rings (SSSR count). The van der Waals surface area contributed by atoms with Crippen LogP contribution in [0.4, 0.5) is 0 Å². The number of hydrogen-bond acceptors (Lipinski definition) is 8. The van der Waals surface area contributed by atoms with Crippen LogP contribution in [0.1, 0.15) is 219 Å². The van der Waals surface area contributed by atoms with Crippen molar-refractivity contribution in [3.63, 3.8) is 0 Å². The average molecular weight is 790 g/mol. The Morgan fingerprint density at radius 2 is 0.889 bits per heavy atom. The molecule has 0 amide bonds. The van der Waals surface area contributed by atoms with Gasteiger partial charge in [-0.25, -0.2) is 0 Å². The fraction of sp³-hybridized carbons (Fsp3) is 0.955. The van der Waals surface area contributed by atoms with Crippen molar-refractivity contribution in [1.82, 2.24) is 0 Å². The van der Waals surface area contributed by atoms with Gasteiger partial charge >= 0.3 is 5.97 Å². The molecule has 0 spiro atoms. The first-order valence-corrected chi connectivity index (χ1v) is 24.2. The van der Waals surface area contributed by atoms with Gasteiger partial charge in [-0.1, -0.05) is 194 Å². The van der Waals surface area contributed by atoms with E-state index in [0.717, 1.165) is 38.5 Å². The summed E-state index contributed by atoms with van der Waals surface area (Å²) in [6, 6.07) is 0. The van der Waals surface area contributed by atoms with Crippen molar-refractivity contribution >= 4 is 19.6 Å². The van der Waals surface area contributed by atoms with Gasteiger partial charge in [0.2, 0.25) is 0 Å². The molecule has 0 aromatic heterocycles. The number of carbonyl (C=O) groups is 2. The van der Waals surface area contributed by atoms with E-state index in [-0.39, 0.29) is 31.8 Å². The fourth-order valence-corrected chi connectivity index (χ4v) is 7.75. The molecule has 0 heterocycles. The second-order valence-corrected chi connectivity index (χ2v) is 18.4. The quantitative estimate of drug-likeness (QED) is 0.0281. The number of hydrogen-bond donors (Lipinski definition) is 1. The largest absolute Gasteiger partial charge is 0.756 e. The summed E-state index contributed by atoms with van der Waals surface area (Å²) >= 11 is 0. The van der Waals surface area contributed by atoms with E-state index in [4.69, 9.17) is 13.8 Å². The number of aliphatic hydroxyl groups excluding tert-OH is 1. The number of ether oxygens (including phenoxy) is 1. The molecule has 9 nitrogen and oxygen atoms in total. The number of nitrogens with zero attached hydrogens (tertiary/aromatic N) is 1. The van der Waals surface area contributed by atoms with Gasteiger partial charge < -0.3 is 28.3 Å². The number of phosphoric acid groups is 1. The molecular weight excluding hydrogens is 701 g/mol. The summed E-state index contributed by atoms with van der Waals surface area (Å²) < 4.78 is 28.3. The first-order chi connectivity index (χ1) is 25.9. The molecule has 0 saturated carbocycles. The van der Waals surface area contributed by atoms with Crippen LogP contribution in [0, 0.1) is 0 Å². The molecule has 0 saturated heterocycles. The Hall–Kier alpha value is -0.830. The van der Waals surface area contributed by atoms with Crippen LogP contribution in [0.5, 0.6) is 0 Å². The van der Waals surface area contributed by atoms with E-state index in [9.17, 15) is 24.2 Å². The minimum absolute atomic E-state index is 0.173.